The predicted octanol–water partition coefficient (Wildman–Crippen LogP) is 2.58. The van der Waals surface area contributed by atoms with E-state index in [0.717, 1.165) is 37.5 Å². The van der Waals surface area contributed by atoms with Crippen LogP contribution < -0.4 is 5.32 Å². The normalized spacial score (nSPS) is 24.7. The Labute approximate surface area is 112 Å². The van der Waals surface area contributed by atoms with E-state index in [2.05, 4.69) is 19.2 Å². The maximum Gasteiger partial charge on any atom is 0.0697 e. The fourth-order valence-electron chi connectivity index (χ4n) is 3.00. The second-order valence-corrected chi connectivity index (χ2v) is 6.00. The lowest BCUT2D eigenvalue weighted by molar-refractivity contribution is 0.0899. The first-order valence-corrected chi connectivity index (χ1v) is 7.64. The Morgan fingerprint density at radius 1 is 1.28 bits per heavy atom. The molecule has 2 atom stereocenters. The summed E-state index contributed by atoms with van der Waals surface area (Å²) in [6, 6.07) is 0.723. The summed E-state index contributed by atoms with van der Waals surface area (Å²) in [6.07, 6.45) is 7.94. The van der Waals surface area contributed by atoms with Gasteiger partial charge in [-0.2, -0.15) is 0 Å². The third kappa shape index (κ3) is 7.34. The van der Waals surface area contributed by atoms with Gasteiger partial charge in [-0.25, -0.2) is 0 Å². The van der Waals surface area contributed by atoms with Gasteiger partial charge < -0.3 is 15.2 Å². The molecule has 0 saturated heterocycles. The van der Waals surface area contributed by atoms with Gasteiger partial charge in [0.1, 0.15) is 0 Å². The third-order valence-electron chi connectivity index (χ3n) is 3.72. The predicted molar refractivity (Wildman–Crippen MR) is 75.7 cm³/mol. The smallest absolute Gasteiger partial charge is 0.0697 e. The van der Waals surface area contributed by atoms with Crippen LogP contribution in [0.4, 0.5) is 0 Å². The lowest BCUT2D eigenvalue weighted by Gasteiger charge is -2.31. The summed E-state index contributed by atoms with van der Waals surface area (Å²) in [6.45, 7) is 7.07. The first kappa shape index (κ1) is 15.9. The zero-order valence-corrected chi connectivity index (χ0v) is 12.2. The van der Waals surface area contributed by atoms with Crippen LogP contribution in [0.2, 0.25) is 0 Å². The Hall–Kier alpha value is -0.120. The molecule has 0 spiro atoms. The zero-order chi connectivity index (χ0) is 13.2. The third-order valence-corrected chi connectivity index (χ3v) is 3.72. The van der Waals surface area contributed by atoms with Gasteiger partial charge in [0, 0.05) is 12.6 Å². The number of aliphatic hydroxyl groups is 1. The number of hydrogen-bond acceptors (Lipinski definition) is 3. The summed E-state index contributed by atoms with van der Waals surface area (Å²) < 4.78 is 5.26. The fourth-order valence-corrected chi connectivity index (χ4v) is 3.00. The van der Waals surface area contributed by atoms with E-state index < -0.39 is 0 Å². The lowest BCUT2D eigenvalue weighted by atomic mass is 9.81. The Kier molecular flexibility index (Phi) is 8.64. The number of hydrogen-bond donors (Lipinski definition) is 2. The van der Waals surface area contributed by atoms with Crippen molar-refractivity contribution in [3.05, 3.63) is 0 Å². The minimum atomic E-state index is 0.132. The number of aliphatic hydroxyl groups excluding tert-OH is 1. The fraction of sp³-hybridized carbons (Fsp3) is 1.00. The van der Waals surface area contributed by atoms with E-state index in [1.165, 1.54) is 32.1 Å². The van der Waals surface area contributed by atoms with Gasteiger partial charge in [-0.15, -0.1) is 0 Å². The molecule has 3 heteroatoms. The van der Waals surface area contributed by atoms with Crippen molar-refractivity contribution in [3.8, 4) is 0 Å². The topological polar surface area (TPSA) is 41.5 Å². The largest absolute Gasteiger partial charge is 0.394 e. The van der Waals surface area contributed by atoms with Crippen molar-refractivity contribution in [1.29, 1.82) is 0 Å². The second-order valence-electron chi connectivity index (χ2n) is 6.00. The van der Waals surface area contributed by atoms with Crippen LogP contribution in [0.5, 0.6) is 0 Å². The number of ether oxygens (including phenoxy) is 1. The van der Waals surface area contributed by atoms with E-state index in [9.17, 15) is 0 Å². The molecule has 1 fully saturated rings. The van der Waals surface area contributed by atoms with Crippen molar-refractivity contribution in [3.63, 3.8) is 0 Å². The van der Waals surface area contributed by atoms with Crippen molar-refractivity contribution >= 4 is 0 Å². The average molecular weight is 257 g/mol. The molecule has 0 aromatic carbocycles. The molecule has 2 N–H and O–H groups in total. The van der Waals surface area contributed by atoms with Crippen LogP contribution in [-0.2, 0) is 4.74 Å². The first-order chi connectivity index (χ1) is 8.72. The molecule has 0 heterocycles. The Morgan fingerprint density at radius 3 is 2.83 bits per heavy atom. The summed E-state index contributed by atoms with van der Waals surface area (Å²) in [5.74, 6) is 1.77. The van der Waals surface area contributed by atoms with Gasteiger partial charge in [-0.3, -0.25) is 0 Å². The van der Waals surface area contributed by atoms with Gasteiger partial charge in [0.15, 0.2) is 0 Å². The minimum absolute atomic E-state index is 0.132. The molecule has 2 unspecified atom stereocenters. The first-order valence-electron chi connectivity index (χ1n) is 7.64. The summed E-state index contributed by atoms with van der Waals surface area (Å²) >= 11 is 0. The van der Waals surface area contributed by atoms with Gasteiger partial charge >= 0.3 is 0 Å². The van der Waals surface area contributed by atoms with Crippen molar-refractivity contribution in [2.24, 2.45) is 11.8 Å². The summed E-state index contributed by atoms with van der Waals surface area (Å²) in [7, 11) is 0. The van der Waals surface area contributed by atoms with Gasteiger partial charge in [0.25, 0.3) is 0 Å². The molecule has 1 aliphatic carbocycles. The van der Waals surface area contributed by atoms with Gasteiger partial charge in [-0.05, 0) is 44.1 Å². The highest BCUT2D eigenvalue weighted by molar-refractivity contribution is 4.78. The van der Waals surface area contributed by atoms with Crippen molar-refractivity contribution in [1.82, 2.24) is 5.32 Å². The van der Waals surface area contributed by atoms with Crippen LogP contribution in [-0.4, -0.2) is 37.5 Å². The van der Waals surface area contributed by atoms with Crippen molar-refractivity contribution in [2.45, 2.75) is 58.4 Å². The van der Waals surface area contributed by atoms with Crippen LogP contribution in [0.1, 0.15) is 52.4 Å². The highest BCUT2D eigenvalue weighted by atomic mass is 16.5. The zero-order valence-electron chi connectivity index (χ0n) is 12.2. The van der Waals surface area contributed by atoms with E-state index in [1.807, 2.05) is 0 Å². The summed E-state index contributed by atoms with van der Waals surface area (Å²) in [4.78, 5) is 0. The highest BCUT2D eigenvalue weighted by Crippen LogP contribution is 2.29. The lowest BCUT2D eigenvalue weighted by Crippen LogP contribution is -2.35. The molecule has 0 amide bonds. The minimum Gasteiger partial charge on any atom is -0.394 e. The SMILES string of the molecule is CC(C)CC1CCCC(NCCCOCCO)C1. The van der Waals surface area contributed by atoms with Crippen LogP contribution in [0.15, 0.2) is 0 Å². The number of nitrogens with one attached hydrogen (secondary N) is 1. The van der Waals surface area contributed by atoms with Crippen molar-refractivity contribution in [2.75, 3.05) is 26.4 Å². The second kappa shape index (κ2) is 9.76. The summed E-state index contributed by atoms with van der Waals surface area (Å²) in [5, 5.41) is 12.2. The molecular weight excluding hydrogens is 226 g/mol. The summed E-state index contributed by atoms with van der Waals surface area (Å²) in [5.41, 5.74) is 0. The Bertz CT molecular complexity index is 197. The van der Waals surface area contributed by atoms with E-state index in [-0.39, 0.29) is 6.61 Å². The highest BCUT2D eigenvalue weighted by Gasteiger charge is 2.21. The molecule has 0 aromatic rings. The van der Waals surface area contributed by atoms with E-state index in [0.29, 0.717) is 6.61 Å². The molecule has 0 radical (unpaired) electrons. The molecular formula is C15H31NO2. The number of rotatable bonds is 9. The Balaban J connectivity index is 2.03. The maximum absolute atomic E-state index is 8.59. The van der Waals surface area contributed by atoms with Crippen LogP contribution in [0.25, 0.3) is 0 Å². The Morgan fingerprint density at radius 2 is 2.11 bits per heavy atom. The maximum atomic E-state index is 8.59. The van der Waals surface area contributed by atoms with Gasteiger partial charge in [0.05, 0.1) is 13.2 Å². The molecule has 3 nitrogen and oxygen atoms in total. The average Bonchev–Trinajstić information content (AvgIpc) is 2.33. The van der Waals surface area contributed by atoms with Crippen molar-refractivity contribution < 1.29 is 9.84 Å². The molecule has 0 aromatic heterocycles. The molecule has 1 aliphatic rings. The monoisotopic (exact) mass is 257 g/mol. The molecule has 0 aliphatic heterocycles. The van der Waals surface area contributed by atoms with E-state index in [1.54, 1.807) is 0 Å². The molecule has 1 rings (SSSR count). The molecule has 1 saturated carbocycles. The van der Waals surface area contributed by atoms with Crippen LogP contribution >= 0.6 is 0 Å². The molecule has 0 bridgehead atoms. The van der Waals surface area contributed by atoms with E-state index >= 15 is 0 Å². The van der Waals surface area contributed by atoms with Crippen LogP contribution in [0.3, 0.4) is 0 Å². The standard InChI is InChI=1S/C15H31NO2/c1-13(2)11-14-5-3-6-15(12-14)16-7-4-9-18-10-8-17/h13-17H,3-12H2,1-2H3. The van der Waals surface area contributed by atoms with Crippen LogP contribution in [0, 0.1) is 11.8 Å². The molecule has 18 heavy (non-hydrogen) atoms. The quantitative estimate of drug-likeness (QED) is 0.624. The van der Waals surface area contributed by atoms with Gasteiger partial charge in [0.2, 0.25) is 0 Å². The van der Waals surface area contributed by atoms with Gasteiger partial charge in [-0.1, -0.05) is 26.7 Å². The molecule has 108 valence electrons. The van der Waals surface area contributed by atoms with E-state index in [4.69, 9.17) is 9.84 Å².